The molecule has 0 aliphatic rings. The summed E-state index contributed by atoms with van der Waals surface area (Å²) in [6, 6.07) is 0. The van der Waals surface area contributed by atoms with E-state index in [-0.39, 0.29) is 0 Å². The molecule has 0 heterocycles. The monoisotopic (exact) mass is 225 g/mol. The van der Waals surface area contributed by atoms with Gasteiger partial charge < -0.3 is 10.5 Å². The van der Waals surface area contributed by atoms with Crippen LogP contribution < -0.4 is 5.73 Å². The van der Waals surface area contributed by atoms with Crippen LogP contribution in [-0.2, 0) is 9.53 Å². The Labute approximate surface area is 98.7 Å². The topological polar surface area (TPSA) is 52.3 Å². The second-order valence-electron chi connectivity index (χ2n) is 3.55. The van der Waals surface area contributed by atoms with Gasteiger partial charge >= 0.3 is 0 Å². The molecule has 0 saturated carbocycles. The normalized spacial score (nSPS) is 10.9. The summed E-state index contributed by atoms with van der Waals surface area (Å²) in [4.78, 5) is 10.3. The average Bonchev–Trinajstić information content (AvgIpc) is 2.24. The van der Waals surface area contributed by atoms with E-state index in [1.165, 1.54) is 25.7 Å². The highest BCUT2D eigenvalue weighted by atomic mass is 16.5. The number of primary amides is 1. The Kier molecular flexibility index (Phi) is 12.2. The molecule has 0 rings (SSSR count). The molecule has 1 amide bonds. The summed E-state index contributed by atoms with van der Waals surface area (Å²) < 4.78 is 4.84. The molecule has 0 bridgehead atoms. The van der Waals surface area contributed by atoms with E-state index in [1.54, 1.807) is 12.2 Å². The molecular weight excluding hydrogens is 202 g/mol. The Balaban J connectivity index is 0. The van der Waals surface area contributed by atoms with Crippen LogP contribution in [0.2, 0.25) is 0 Å². The van der Waals surface area contributed by atoms with E-state index in [4.69, 9.17) is 10.5 Å². The second kappa shape index (κ2) is 11.6. The van der Waals surface area contributed by atoms with Crippen LogP contribution in [0.25, 0.3) is 0 Å². The predicted molar refractivity (Wildman–Crippen MR) is 68.8 cm³/mol. The van der Waals surface area contributed by atoms with Crippen molar-refractivity contribution in [3.8, 4) is 0 Å². The minimum Gasteiger partial charge on any atom is -0.497 e. The number of carbonyl (C=O) groups is 1. The summed E-state index contributed by atoms with van der Waals surface area (Å²) in [5.74, 6) is 0.922. The average molecular weight is 225 g/mol. The smallest absolute Gasteiger partial charge is 0.241 e. The molecular formula is C13H23NO2. The van der Waals surface area contributed by atoms with Gasteiger partial charge in [-0.25, -0.2) is 0 Å². The van der Waals surface area contributed by atoms with E-state index < -0.39 is 5.91 Å². The summed E-state index contributed by atoms with van der Waals surface area (Å²) in [5, 5.41) is 0. The van der Waals surface area contributed by atoms with Crippen LogP contribution in [0.5, 0.6) is 0 Å². The number of allylic oxidation sites excluding steroid dienone is 3. The van der Waals surface area contributed by atoms with Crippen molar-refractivity contribution in [1.82, 2.24) is 0 Å². The molecule has 16 heavy (non-hydrogen) atoms. The van der Waals surface area contributed by atoms with E-state index in [2.05, 4.69) is 27.4 Å². The fourth-order valence-corrected chi connectivity index (χ4v) is 0.472. The number of nitrogens with two attached hydrogens (primary N) is 1. The molecule has 0 aromatic rings. The summed E-state index contributed by atoms with van der Waals surface area (Å²) in [6.45, 7) is 10.1. The van der Waals surface area contributed by atoms with Gasteiger partial charge in [-0.1, -0.05) is 39.8 Å². The zero-order chi connectivity index (χ0) is 13.0. The molecule has 0 spiro atoms. The lowest BCUT2D eigenvalue weighted by Gasteiger charge is -1.95. The van der Waals surface area contributed by atoms with Crippen molar-refractivity contribution in [3.05, 3.63) is 36.6 Å². The number of hydrogen-bond acceptors (Lipinski definition) is 2. The first-order valence-corrected chi connectivity index (χ1v) is 5.32. The highest BCUT2D eigenvalue weighted by molar-refractivity contribution is 5.86. The standard InChI is InChI=1S/C8H11NO2.C5H12/c1-3-4-7(11-2)5-6-8(9)10;1-4-5(2)3/h3-6H,1H2,2H3,(H2,9,10);5H,4H2,1-3H3/b6-5+,7-4-;. The lowest BCUT2D eigenvalue weighted by Crippen LogP contribution is -2.05. The lowest BCUT2D eigenvalue weighted by molar-refractivity contribution is -0.113. The summed E-state index contributed by atoms with van der Waals surface area (Å²) in [6.07, 6.45) is 7.19. The lowest BCUT2D eigenvalue weighted by atomic mass is 10.2. The van der Waals surface area contributed by atoms with Gasteiger partial charge in [0.25, 0.3) is 0 Å². The van der Waals surface area contributed by atoms with Crippen LogP contribution in [0.4, 0.5) is 0 Å². The Morgan fingerprint density at radius 1 is 1.44 bits per heavy atom. The molecule has 0 aliphatic carbocycles. The van der Waals surface area contributed by atoms with E-state index in [0.717, 1.165) is 5.92 Å². The van der Waals surface area contributed by atoms with Crippen LogP contribution in [0.1, 0.15) is 27.2 Å². The van der Waals surface area contributed by atoms with E-state index in [1.807, 2.05) is 0 Å². The van der Waals surface area contributed by atoms with Gasteiger partial charge in [-0.3, -0.25) is 4.79 Å². The fraction of sp³-hybridized carbons (Fsp3) is 0.462. The van der Waals surface area contributed by atoms with Crippen molar-refractivity contribution in [3.63, 3.8) is 0 Å². The zero-order valence-corrected chi connectivity index (χ0v) is 10.7. The van der Waals surface area contributed by atoms with E-state index >= 15 is 0 Å². The third kappa shape index (κ3) is 15.0. The first kappa shape index (κ1) is 16.9. The molecule has 92 valence electrons. The summed E-state index contributed by atoms with van der Waals surface area (Å²) in [5.41, 5.74) is 4.86. The van der Waals surface area contributed by atoms with Crippen LogP contribution >= 0.6 is 0 Å². The van der Waals surface area contributed by atoms with Gasteiger partial charge in [0.15, 0.2) is 0 Å². The van der Waals surface area contributed by atoms with Gasteiger partial charge in [-0.05, 0) is 18.1 Å². The van der Waals surface area contributed by atoms with Crippen LogP contribution in [-0.4, -0.2) is 13.0 Å². The molecule has 3 nitrogen and oxygen atoms in total. The van der Waals surface area contributed by atoms with Crippen molar-refractivity contribution < 1.29 is 9.53 Å². The van der Waals surface area contributed by atoms with E-state index in [0.29, 0.717) is 5.76 Å². The molecule has 0 radical (unpaired) electrons. The fourth-order valence-electron chi connectivity index (χ4n) is 0.472. The molecule has 0 unspecified atom stereocenters. The maximum Gasteiger partial charge on any atom is 0.241 e. The molecule has 0 fully saturated rings. The maximum atomic E-state index is 10.3. The number of ether oxygens (including phenoxy) is 1. The summed E-state index contributed by atoms with van der Waals surface area (Å²) in [7, 11) is 1.50. The molecule has 0 aromatic carbocycles. The van der Waals surface area contributed by atoms with Gasteiger partial charge in [0, 0.05) is 6.08 Å². The van der Waals surface area contributed by atoms with Crippen molar-refractivity contribution in [2.45, 2.75) is 27.2 Å². The maximum absolute atomic E-state index is 10.3. The van der Waals surface area contributed by atoms with E-state index in [9.17, 15) is 4.79 Å². The Morgan fingerprint density at radius 2 is 1.94 bits per heavy atom. The van der Waals surface area contributed by atoms with Gasteiger partial charge in [0.1, 0.15) is 5.76 Å². The second-order valence-corrected chi connectivity index (χ2v) is 3.55. The van der Waals surface area contributed by atoms with Gasteiger partial charge in [-0.2, -0.15) is 0 Å². The third-order valence-corrected chi connectivity index (χ3v) is 1.75. The Hall–Kier alpha value is -1.51. The minimum atomic E-state index is -0.503. The summed E-state index contributed by atoms with van der Waals surface area (Å²) >= 11 is 0. The van der Waals surface area contributed by atoms with Crippen molar-refractivity contribution in [2.24, 2.45) is 11.7 Å². The molecule has 0 atom stereocenters. The SMILES string of the molecule is C=C/C=C(/C=C/C(N)=O)OC.CCC(C)C. The minimum absolute atomic E-state index is 0.503. The first-order chi connectivity index (χ1) is 7.47. The first-order valence-electron chi connectivity index (χ1n) is 5.32. The number of methoxy groups -OCH3 is 1. The molecule has 3 heteroatoms. The number of amides is 1. The Bertz CT molecular complexity index is 253. The number of carbonyl (C=O) groups excluding carboxylic acids is 1. The number of rotatable bonds is 5. The highest BCUT2D eigenvalue weighted by Gasteiger charge is 1.87. The number of hydrogen-bond donors (Lipinski definition) is 1. The highest BCUT2D eigenvalue weighted by Crippen LogP contribution is 1.96. The van der Waals surface area contributed by atoms with Gasteiger partial charge in [0.2, 0.25) is 5.91 Å². The Morgan fingerprint density at radius 3 is 2.19 bits per heavy atom. The van der Waals surface area contributed by atoms with Crippen LogP contribution in [0.3, 0.4) is 0 Å². The molecule has 0 aliphatic heterocycles. The largest absolute Gasteiger partial charge is 0.497 e. The van der Waals surface area contributed by atoms with Crippen molar-refractivity contribution >= 4 is 5.91 Å². The zero-order valence-electron chi connectivity index (χ0n) is 10.7. The van der Waals surface area contributed by atoms with Gasteiger partial charge in [-0.15, -0.1) is 0 Å². The molecule has 2 N–H and O–H groups in total. The van der Waals surface area contributed by atoms with Crippen LogP contribution in [0, 0.1) is 5.92 Å². The quantitative estimate of drug-likeness (QED) is 0.444. The third-order valence-electron chi connectivity index (χ3n) is 1.75. The van der Waals surface area contributed by atoms with Crippen LogP contribution in [0.15, 0.2) is 36.6 Å². The molecule has 0 saturated heterocycles. The predicted octanol–water partition coefficient (Wildman–Crippen LogP) is 2.80. The van der Waals surface area contributed by atoms with Crippen molar-refractivity contribution in [1.29, 1.82) is 0 Å². The van der Waals surface area contributed by atoms with Gasteiger partial charge in [0.05, 0.1) is 7.11 Å². The molecule has 0 aromatic heterocycles. The van der Waals surface area contributed by atoms with Crippen molar-refractivity contribution in [2.75, 3.05) is 7.11 Å².